The molecule has 0 spiro atoms. The Morgan fingerprint density at radius 1 is 1.25 bits per heavy atom. The smallest absolute Gasteiger partial charge is 0.146 e. The predicted octanol–water partition coefficient (Wildman–Crippen LogP) is 2.19. The van der Waals surface area contributed by atoms with Crippen molar-refractivity contribution in [3.8, 4) is 6.07 Å². The van der Waals surface area contributed by atoms with E-state index in [0.29, 0.717) is 5.56 Å². The van der Waals surface area contributed by atoms with E-state index >= 15 is 0 Å². The lowest BCUT2D eigenvalue weighted by Crippen LogP contribution is -2.46. The van der Waals surface area contributed by atoms with Crippen molar-refractivity contribution in [2.24, 2.45) is 0 Å². The highest BCUT2D eigenvalue weighted by molar-refractivity contribution is 5.53. The van der Waals surface area contributed by atoms with Gasteiger partial charge in [-0.3, -0.25) is 9.58 Å². The quantitative estimate of drug-likeness (QED) is 0.844. The zero-order valence-electron chi connectivity index (χ0n) is 14.4. The molecule has 2 aromatic rings. The fourth-order valence-electron chi connectivity index (χ4n) is 3.17. The Morgan fingerprint density at radius 3 is 2.75 bits per heavy atom. The topological polar surface area (TPSA) is 61.0 Å². The average Bonchev–Trinajstić information content (AvgIpc) is 2.96. The molecule has 1 saturated heterocycles. The molecule has 0 atom stereocenters. The van der Waals surface area contributed by atoms with Crippen molar-refractivity contribution >= 4 is 5.82 Å². The van der Waals surface area contributed by atoms with Crippen molar-refractivity contribution in [3.05, 3.63) is 41.3 Å². The van der Waals surface area contributed by atoms with Gasteiger partial charge in [0.05, 0.1) is 11.8 Å². The van der Waals surface area contributed by atoms with Crippen LogP contribution in [0.5, 0.6) is 0 Å². The summed E-state index contributed by atoms with van der Waals surface area (Å²) in [6, 6.07) is 5.89. The van der Waals surface area contributed by atoms with Crippen LogP contribution in [-0.4, -0.2) is 45.8 Å². The highest BCUT2D eigenvalue weighted by Crippen LogP contribution is 2.19. The van der Waals surface area contributed by atoms with Crippen LogP contribution >= 0.6 is 0 Å². The summed E-state index contributed by atoms with van der Waals surface area (Å²) in [5.74, 6) is 0.812. The molecule has 3 rings (SSSR count). The van der Waals surface area contributed by atoms with Crippen LogP contribution in [-0.2, 0) is 13.1 Å². The molecule has 0 radical (unpaired) electrons. The van der Waals surface area contributed by atoms with Gasteiger partial charge in [0.2, 0.25) is 0 Å². The average molecular weight is 324 g/mol. The first-order valence-electron chi connectivity index (χ1n) is 8.56. The zero-order valence-corrected chi connectivity index (χ0v) is 14.4. The van der Waals surface area contributed by atoms with Crippen LogP contribution in [0.4, 0.5) is 5.82 Å². The molecule has 0 N–H and O–H groups in total. The Morgan fingerprint density at radius 2 is 2.04 bits per heavy atom. The molecule has 0 saturated carbocycles. The van der Waals surface area contributed by atoms with Gasteiger partial charge in [-0.2, -0.15) is 10.4 Å². The van der Waals surface area contributed by atoms with E-state index in [-0.39, 0.29) is 0 Å². The van der Waals surface area contributed by atoms with Crippen molar-refractivity contribution in [1.29, 1.82) is 5.26 Å². The van der Waals surface area contributed by atoms with E-state index in [9.17, 15) is 5.26 Å². The highest BCUT2D eigenvalue weighted by atomic mass is 15.3. The fourth-order valence-corrected chi connectivity index (χ4v) is 3.17. The highest BCUT2D eigenvalue weighted by Gasteiger charge is 2.21. The molecule has 1 fully saturated rings. The third-order valence-electron chi connectivity index (χ3n) is 4.61. The Bertz CT molecular complexity index is 721. The summed E-state index contributed by atoms with van der Waals surface area (Å²) in [5.41, 5.74) is 3.24. The minimum absolute atomic E-state index is 0.655. The van der Waals surface area contributed by atoms with E-state index < -0.39 is 0 Å². The van der Waals surface area contributed by atoms with Crippen LogP contribution in [0.25, 0.3) is 0 Å². The molecular formula is C18H24N6. The fraction of sp³-hybridized carbons (Fsp3) is 0.500. The van der Waals surface area contributed by atoms with Gasteiger partial charge in [-0.15, -0.1) is 0 Å². The number of hydrogen-bond acceptors (Lipinski definition) is 5. The van der Waals surface area contributed by atoms with Gasteiger partial charge in [0.25, 0.3) is 0 Å². The number of hydrogen-bond donors (Lipinski definition) is 0. The third kappa shape index (κ3) is 3.41. The van der Waals surface area contributed by atoms with Crippen LogP contribution in [0, 0.1) is 18.3 Å². The summed E-state index contributed by atoms with van der Waals surface area (Å²) in [6.45, 7) is 9.99. The van der Waals surface area contributed by atoms with Gasteiger partial charge in [-0.05, 0) is 25.5 Å². The summed E-state index contributed by atoms with van der Waals surface area (Å²) in [7, 11) is 0. The standard InChI is InChI=1S/C18H24N6/c1-3-7-24-15(2)17(13-21-24)14-22-8-10-23(11-9-22)18-16(12-19)5-4-6-20-18/h4-6,13H,3,7-11,14H2,1-2H3. The maximum Gasteiger partial charge on any atom is 0.146 e. The van der Waals surface area contributed by atoms with Gasteiger partial charge in [-0.25, -0.2) is 4.98 Å². The Kier molecular flexibility index (Phi) is 5.11. The van der Waals surface area contributed by atoms with Crippen molar-refractivity contribution in [3.63, 3.8) is 0 Å². The molecule has 24 heavy (non-hydrogen) atoms. The van der Waals surface area contributed by atoms with E-state index in [0.717, 1.165) is 51.5 Å². The van der Waals surface area contributed by atoms with E-state index in [1.807, 2.05) is 18.3 Å². The van der Waals surface area contributed by atoms with Gasteiger partial charge in [0.1, 0.15) is 11.9 Å². The van der Waals surface area contributed by atoms with Gasteiger partial charge < -0.3 is 4.90 Å². The van der Waals surface area contributed by atoms with Crippen LogP contribution in [0.15, 0.2) is 24.5 Å². The van der Waals surface area contributed by atoms with Crippen LogP contribution in [0.3, 0.4) is 0 Å². The number of aromatic nitrogens is 3. The molecule has 2 aromatic heterocycles. The minimum atomic E-state index is 0.655. The lowest BCUT2D eigenvalue weighted by atomic mass is 10.2. The van der Waals surface area contributed by atoms with Crippen LogP contribution in [0.1, 0.15) is 30.2 Å². The summed E-state index contributed by atoms with van der Waals surface area (Å²) in [6.07, 6.45) is 4.86. The molecule has 6 nitrogen and oxygen atoms in total. The molecule has 6 heteroatoms. The number of piperazine rings is 1. The monoisotopic (exact) mass is 324 g/mol. The van der Waals surface area contributed by atoms with Gasteiger partial charge in [-0.1, -0.05) is 6.92 Å². The second-order valence-corrected chi connectivity index (χ2v) is 6.23. The molecule has 1 aliphatic heterocycles. The van der Waals surface area contributed by atoms with Gasteiger partial charge in [0.15, 0.2) is 0 Å². The summed E-state index contributed by atoms with van der Waals surface area (Å²) < 4.78 is 2.10. The summed E-state index contributed by atoms with van der Waals surface area (Å²) >= 11 is 0. The second-order valence-electron chi connectivity index (χ2n) is 6.23. The van der Waals surface area contributed by atoms with Gasteiger partial charge in [0, 0.05) is 56.7 Å². The predicted molar refractivity (Wildman–Crippen MR) is 93.7 cm³/mol. The maximum absolute atomic E-state index is 9.24. The maximum atomic E-state index is 9.24. The number of pyridine rings is 1. The lowest BCUT2D eigenvalue weighted by Gasteiger charge is -2.35. The Balaban J connectivity index is 1.60. The first-order valence-corrected chi connectivity index (χ1v) is 8.56. The molecular weight excluding hydrogens is 300 g/mol. The van der Waals surface area contributed by atoms with Crippen molar-refractivity contribution in [2.75, 3.05) is 31.1 Å². The van der Waals surface area contributed by atoms with Gasteiger partial charge >= 0.3 is 0 Å². The molecule has 3 heterocycles. The summed E-state index contributed by atoms with van der Waals surface area (Å²) in [5, 5.41) is 13.7. The van der Waals surface area contributed by atoms with Crippen molar-refractivity contribution in [2.45, 2.75) is 33.4 Å². The molecule has 0 bridgehead atoms. The largest absolute Gasteiger partial charge is 0.353 e. The van der Waals surface area contributed by atoms with E-state index in [4.69, 9.17) is 0 Å². The molecule has 0 aliphatic carbocycles. The molecule has 0 unspecified atom stereocenters. The van der Waals surface area contributed by atoms with Crippen LogP contribution in [0.2, 0.25) is 0 Å². The Labute approximate surface area is 143 Å². The van der Waals surface area contributed by atoms with Crippen molar-refractivity contribution in [1.82, 2.24) is 19.7 Å². The number of anilines is 1. The molecule has 0 aromatic carbocycles. The van der Waals surface area contributed by atoms with E-state index in [1.165, 1.54) is 11.3 Å². The molecule has 0 amide bonds. The number of nitriles is 1. The number of nitrogens with zero attached hydrogens (tertiary/aromatic N) is 6. The van der Waals surface area contributed by atoms with E-state index in [1.54, 1.807) is 6.20 Å². The normalized spacial score (nSPS) is 15.5. The SMILES string of the molecule is CCCn1ncc(CN2CCN(c3ncccc3C#N)CC2)c1C. The molecule has 1 aliphatic rings. The van der Waals surface area contributed by atoms with E-state index in [2.05, 4.69) is 44.5 Å². The first-order chi connectivity index (χ1) is 11.7. The number of rotatable bonds is 5. The lowest BCUT2D eigenvalue weighted by molar-refractivity contribution is 0.248. The first kappa shape index (κ1) is 16.5. The second kappa shape index (κ2) is 7.45. The Hall–Kier alpha value is -2.39. The van der Waals surface area contributed by atoms with Crippen molar-refractivity contribution < 1.29 is 0 Å². The summed E-state index contributed by atoms with van der Waals surface area (Å²) in [4.78, 5) is 9.05. The minimum Gasteiger partial charge on any atom is -0.353 e. The zero-order chi connectivity index (χ0) is 16.9. The molecule has 126 valence electrons. The third-order valence-corrected chi connectivity index (χ3v) is 4.61. The number of aryl methyl sites for hydroxylation is 1. The van der Waals surface area contributed by atoms with Crippen LogP contribution < -0.4 is 4.90 Å².